The van der Waals surface area contributed by atoms with Crippen LogP contribution in [0.1, 0.15) is 58.1 Å². The van der Waals surface area contributed by atoms with Crippen LogP contribution >= 0.6 is 0 Å². The smallest absolute Gasteiger partial charge is 0.210 e. The molecule has 51 heavy (non-hydrogen) atoms. The largest absolute Gasteiger partial charge is 0.497 e. The van der Waals surface area contributed by atoms with E-state index in [4.69, 9.17) is 9.47 Å². The van der Waals surface area contributed by atoms with Crippen molar-refractivity contribution < 1.29 is 14.0 Å². The Bertz CT molecular complexity index is 2370. The fraction of sp³-hybridized carbons (Fsp3) is 0.255. The normalized spacial score (nSPS) is 19.5. The van der Waals surface area contributed by atoms with Gasteiger partial charge in [-0.3, -0.25) is 0 Å². The van der Waals surface area contributed by atoms with Gasteiger partial charge in [0.1, 0.15) is 24.3 Å². The standard InChI is InChI=1S/C47H47N2O2/c1-46(2)41(48(5)39-27-19-31-13-8-10-17-37(31)43(39)46)29-21-33-15-12-16-34(45(33)51-36-25-23-35(50-7)24-26-36)22-30-42-47(3,4)44-38-18-11-9-14-32(38)20-28-40(44)49(42)6/h8-11,13-14,17-30H,12,15-16H2,1-7H3/q+1. The Morgan fingerprint density at radius 1 is 0.686 bits per heavy atom. The minimum Gasteiger partial charge on any atom is -0.497 e. The Hall–Kier alpha value is -5.35. The Labute approximate surface area is 302 Å². The Morgan fingerprint density at radius 3 is 2.04 bits per heavy atom. The molecule has 0 bridgehead atoms. The van der Waals surface area contributed by atoms with Gasteiger partial charge in [0.15, 0.2) is 5.71 Å². The van der Waals surface area contributed by atoms with E-state index in [1.54, 1.807) is 7.11 Å². The number of rotatable bonds is 6. The molecule has 1 aliphatic carbocycles. The van der Waals surface area contributed by atoms with Gasteiger partial charge in [0.25, 0.3) is 0 Å². The van der Waals surface area contributed by atoms with Crippen LogP contribution in [0.2, 0.25) is 0 Å². The summed E-state index contributed by atoms with van der Waals surface area (Å²) in [7, 11) is 6.09. The monoisotopic (exact) mass is 671 g/mol. The van der Waals surface area contributed by atoms with Gasteiger partial charge in [-0.25, -0.2) is 0 Å². The van der Waals surface area contributed by atoms with Gasteiger partial charge in [0.05, 0.1) is 12.5 Å². The summed E-state index contributed by atoms with van der Waals surface area (Å²) in [5.41, 5.74) is 10.00. The fourth-order valence-corrected chi connectivity index (χ4v) is 8.86. The highest BCUT2D eigenvalue weighted by Crippen LogP contribution is 2.50. The van der Waals surface area contributed by atoms with Gasteiger partial charge in [0.2, 0.25) is 5.69 Å². The molecule has 0 N–H and O–H groups in total. The van der Waals surface area contributed by atoms with E-state index in [0.717, 1.165) is 36.5 Å². The first-order valence-electron chi connectivity index (χ1n) is 18.1. The van der Waals surface area contributed by atoms with E-state index in [0.29, 0.717) is 0 Å². The molecule has 4 nitrogen and oxygen atoms in total. The summed E-state index contributed by atoms with van der Waals surface area (Å²) in [6.45, 7) is 9.40. The van der Waals surface area contributed by atoms with Gasteiger partial charge in [-0.15, -0.1) is 0 Å². The van der Waals surface area contributed by atoms with Gasteiger partial charge in [-0.2, -0.15) is 4.58 Å². The zero-order chi connectivity index (χ0) is 35.5. The van der Waals surface area contributed by atoms with Gasteiger partial charge < -0.3 is 14.4 Å². The number of anilines is 1. The number of likely N-dealkylation sites (N-methyl/N-ethyl adjacent to an activating group) is 1. The fourth-order valence-electron chi connectivity index (χ4n) is 8.86. The topological polar surface area (TPSA) is 24.7 Å². The second-order valence-electron chi connectivity index (χ2n) is 15.2. The maximum Gasteiger partial charge on any atom is 0.210 e. The van der Waals surface area contributed by atoms with E-state index in [2.05, 4.69) is 148 Å². The van der Waals surface area contributed by atoms with Crippen molar-refractivity contribution in [2.75, 3.05) is 26.1 Å². The molecule has 0 spiro atoms. The zero-order valence-electron chi connectivity index (χ0n) is 30.9. The van der Waals surface area contributed by atoms with E-state index >= 15 is 0 Å². The number of hydrogen-bond acceptors (Lipinski definition) is 3. The Balaban J connectivity index is 1.21. The molecular weight excluding hydrogens is 625 g/mol. The summed E-state index contributed by atoms with van der Waals surface area (Å²) in [6, 6.07) is 34.4. The number of fused-ring (bicyclic) bond motifs is 6. The van der Waals surface area contributed by atoms with Crippen molar-refractivity contribution >= 4 is 38.6 Å². The van der Waals surface area contributed by atoms with Crippen molar-refractivity contribution in [2.24, 2.45) is 0 Å². The molecule has 0 radical (unpaired) electrons. The summed E-state index contributed by atoms with van der Waals surface area (Å²) in [4.78, 5) is 2.37. The van der Waals surface area contributed by atoms with Crippen molar-refractivity contribution in [1.29, 1.82) is 0 Å². The molecule has 2 heterocycles. The van der Waals surface area contributed by atoms with Crippen LogP contribution in [-0.4, -0.2) is 31.5 Å². The summed E-state index contributed by atoms with van der Waals surface area (Å²) in [6.07, 6.45) is 12.3. The Morgan fingerprint density at radius 2 is 1.33 bits per heavy atom. The lowest BCUT2D eigenvalue weighted by Gasteiger charge is -2.25. The highest BCUT2D eigenvalue weighted by atomic mass is 16.5. The van der Waals surface area contributed by atoms with Crippen LogP contribution in [0.5, 0.6) is 11.5 Å². The van der Waals surface area contributed by atoms with Crippen molar-refractivity contribution in [2.45, 2.75) is 57.8 Å². The van der Waals surface area contributed by atoms with E-state index < -0.39 is 0 Å². The minimum atomic E-state index is -0.158. The van der Waals surface area contributed by atoms with Crippen LogP contribution in [0.25, 0.3) is 21.5 Å². The molecular formula is C47H47N2O2+. The van der Waals surface area contributed by atoms with Crippen molar-refractivity contribution in [3.05, 3.63) is 155 Å². The van der Waals surface area contributed by atoms with Gasteiger partial charge in [-0.1, -0.05) is 74.5 Å². The van der Waals surface area contributed by atoms with Crippen LogP contribution < -0.4 is 14.4 Å². The number of nitrogens with zero attached hydrogens (tertiary/aromatic N) is 2. The second kappa shape index (κ2) is 12.5. The first-order valence-corrected chi connectivity index (χ1v) is 18.1. The van der Waals surface area contributed by atoms with Crippen LogP contribution in [0, 0.1) is 0 Å². The average molecular weight is 672 g/mol. The van der Waals surface area contributed by atoms with Crippen LogP contribution in [-0.2, 0) is 10.8 Å². The van der Waals surface area contributed by atoms with Crippen molar-refractivity contribution in [3.63, 3.8) is 0 Å². The highest BCUT2D eigenvalue weighted by Gasteiger charge is 2.44. The lowest BCUT2D eigenvalue weighted by atomic mass is 9.78. The van der Waals surface area contributed by atoms with Crippen LogP contribution in [0.15, 0.2) is 144 Å². The molecule has 3 aliphatic rings. The van der Waals surface area contributed by atoms with E-state index in [-0.39, 0.29) is 10.8 Å². The molecule has 2 aliphatic heterocycles. The molecule has 0 aromatic heterocycles. The molecule has 0 saturated carbocycles. The minimum absolute atomic E-state index is 0.158. The number of allylic oxidation sites excluding steroid dienone is 7. The SMILES string of the molecule is COc1ccc(OC2=C(/C=C/C3=[N+](C)c4ccc5ccccc5c4C3(C)C)CCC/C2=C\C=C2\N(C)c3ccc4ccccc4c3C2(C)C)cc1. The molecule has 4 heteroatoms. The maximum absolute atomic E-state index is 6.85. The van der Waals surface area contributed by atoms with E-state index in [9.17, 15) is 0 Å². The molecule has 0 amide bonds. The third kappa shape index (κ3) is 5.40. The third-order valence-electron chi connectivity index (χ3n) is 11.4. The lowest BCUT2D eigenvalue weighted by Crippen LogP contribution is -2.27. The predicted molar refractivity (Wildman–Crippen MR) is 213 cm³/mol. The number of methoxy groups -OCH3 is 1. The first kappa shape index (κ1) is 32.8. The van der Waals surface area contributed by atoms with Gasteiger partial charge >= 0.3 is 0 Å². The molecule has 0 atom stereocenters. The highest BCUT2D eigenvalue weighted by molar-refractivity contribution is 6.07. The molecule has 0 saturated heterocycles. The van der Waals surface area contributed by atoms with Crippen molar-refractivity contribution in [1.82, 2.24) is 0 Å². The molecule has 5 aromatic rings. The summed E-state index contributed by atoms with van der Waals surface area (Å²) in [5.74, 6) is 2.57. The van der Waals surface area contributed by atoms with Crippen LogP contribution in [0.4, 0.5) is 11.4 Å². The zero-order valence-corrected chi connectivity index (χ0v) is 30.9. The summed E-state index contributed by atoms with van der Waals surface area (Å²) >= 11 is 0. The summed E-state index contributed by atoms with van der Waals surface area (Å²) < 4.78 is 14.7. The van der Waals surface area contributed by atoms with Gasteiger partial charge in [-0.05, 0) is 120 Å². The number of benzene rings is 5. The van der Waals surface area contributed by atoms with E-state index in [1.165, 1.54) is 66.6 Å². The molecule has 0 unspecified atom stereocenters. The lowest BCUT2D eigenvalue weighted by molar-refractivity contribution is -0.401. The molecule has 256 valence electrons. The molecule has 0 fully saturated rings. The summed E-state index contributed by atoms with van der Waals surface area (Å²) in [5, 5.41) is 5.21. The number of ether oxygens (including phenoxy) is 2. The Kier molecular flexibility index (Phi) is 8.02. The maximum atomic E-state index is 6.85. The predicted octanol–water partition coefficient (Wildman–Crippen LogP) is 11.3. The van der Waals surface area contributed by atoms with Gasteiger partial charge in [0, 0.05) is 41.6 Å². The molecule has 5 aromatic carbocycles. The van der Waals surface area contributed by atoms with Crippen molar-refractivity contribution in [3.8, 4) is 11.5 Å². The third-order valence-corrected chi connectivity index (χ3v) is 11.4. The van der Waals surface area contributed by atoms with E-state index in [1.807, 2.05) is 24.3 Å². The quantitative estimate of drug-likeness (QED) is 0.168. The second-order valence-corrected chi connectivity index (χ2v) is 15.2. The first-order chi connectivity index (χ1) is 24.6. The van der Waals surface area contributed by atoms with Crippen LogP contribution in [0.3, 0.4) is 0 Å². The average Bonchev–Trinajstić information content (AvgIpc) is 3.47. The molecule has 8 rings (SSSR count). The number of hydrogen-bond donors (Lipinski definition) is 0.